The second-order valence-electron chi connectivity index (χ2n) is 8.50. The smallest absolute Gasteiger partial charge is 0.126 e. The monoisotopic (exact) mass is 326 g/mol. The summed E-state index contributed by atoms with van der Waals surface area (Å²) in [6, 6.07) is 14.5. The minimum absolute atomic E-state index is 0.0962. The molecule has 2 aromatic carbocycles. The average Bonchev–Trinajstić information content (AvgIpc) is 2.53. The third-order valence-electron chi connectivity index (χ3n) is 4.99. The van der Waals surface area contributed by atoms with Gasteiger partial charge >= 0.3 is 0 Å². The van der Waals surface area contributed by atoms with E-state index >= 15 is 0 Å². The Morgan fingerprint density at radius 1 is 0.875 bits per heavy atom. The van der Waals surface area contributed by atoms with Crippen LogP contribution < -0.4 is 0 Å². The van der Waals surface area contributed by atoms with Crippen molar-refractivity contribution in [2.45, 2.75) is 71.6 Å². The van der Waals surface area contributed by atoms with Crippen LogP contribution in [0, 0.1) is 5.82 Å². The third kappa shape index (κ3) is 4.47. The summed E-state index contributed by atoms with van der Waals surface area (Å²) >= 11 is 0. The highest BCUT2D eigenvalue weighted by atomic mass is 19.1. The van der Waals surface area contributed by atoms with Gasteiger partial charge in [0.15, 0.2) is 0 Å². The van der Waals surface area contributed by atoms with Crippen LogP contribution in [0.25, 0.3) is 0 Å². The van der Waals surface area contributed by atoms with Gasteiger partial charge in [0.2, 0.25) is 0 Å². The summed E-state index contributed by atoms with van der Waals surface area (Å²) in [5.74, 6) is -0.0962. The van der Waals surface area contributed by atoms with Crippen LogP contribution in [-0.2, 0) is 23.7 Å². The lowest BCUT2D eigenvalue weighted by Crippen LogP contribution is -2.19. The van der Waals surface area contributed by atoms with Crippen molar-refractivity contribution < 1.29 is 4.39 Å². The molecule has 0 aliphatic rings. The van der Waals surface area contributed by atoms with Crippen LogP contribution in [0.1, 0.15) is 70.2 Å². The highest BCUT2D eigenvalue weighted by Crippen LogP contribution is 2.31. The van der Waals surface area contributed by atoms with E-state index in [0.717, 1.165) is 24.8 Å². The van der Waals surface area contributed by atoms with E-state index in [1.165, 1.54) is 16.7 Å². The molecule has 0 saturated carbocycles. The maximum absolute atomic E-state index is 14.1. The summed E-state index contributed by atoms with van der Waals surface area (Å²) in [6.07, 6.45) is 3.08. The summed E-state index contributed by atoms with van der Waals surface area (Å²) in [5.41, 5.74) is 4.76. The first-order chi connectivity index (χ1) is 11.1. The van der Waals surface area contributed by atoms with Crippen LogP contribution in [-0.4, -0.2) is 0 Å². The van der Waals surface area contributed by atoms with Gasteiger partial charge in [-0.1, -0.05) is 77.9 Å². The molecule has 0 N–H and O–H groups in total. The lowest BCUT2D eigenvalue weighted by molar-refractivity contribution is 0.477. The van der Waals surface area contributed by atoms with Crippen molar-refractivity contribution in [2.24, 2.45) is 0 Å². The van der Waals surface area contributed by atoms with Crippen molar-refractivity contribution in [2.75, 3.05) is 0 Å². The van der Waals surface area contributed by atoms with Gasteiger partial charge in [-0.25, -0.2) is 4.39 Å². The Morgan fingerprint density at radius 2 is 1.58 bits per heavy atom. The molecule has 0 aliphatic heterocycles. The molecule has 0 radical (unpaired) electrons. The van der Waals surface area contributed by atoms with Gasteiger partial charge in [0, 0.05) is 0 Å². The normalized spacial score (nSPS) is 12.5. The molecule has 0 nitrogen and oxygen atoms in total. The van der Waals surface area contributed by atoms with E-state index in [0.29, 0.717) is 0 Å². The Labute approximate surface area is 147 Å². The van der Waals surface area contributed by atoms with E-state index in [-0.39, 0.29) is 16.6 Å². The third-order valence-corrected chi connectivity index (χ3v) is 4.99. The Morgan fingerprint density at radius 3 is 2.21 bits per heavy atom. The molecule has 24 heavy (non-hydrogen) atoms. The van der Waals surface area contributed by atoms with Crippen LogP contribution in [0.5, 0.6) is 0 Å². The van der Waals surface area contributed by atoms with Crippen molar-refractivity contribution in [3.05, 3.63) is 70.5 Å². The summed E-state index contributed by atoms with van der Waals surface area (Å²) in [6.45, 7) is 13.0. The lowest BCUT2D eigenvalue weighted by atomic mass is 9.78. The van der Waals surface area contributed by atoms with Crippen LogP contribution >= 0.6 is 0 Å². The van der Waals surface area contributed by atoms with Gasteiger partial charge in [-0.05, 0) is 58.4 Å². The number of aryl methyl sites for hydroxylation is 2. The summed E-state index contributed by atoms with van der Waals surface area (Å²) in [7, 11) is 0. The maximum Gasteiger partial charge on any atom is 0.126 e. The molecule has 0 spiro atoms. The zero-order valence-electron chi connectivity index (χ0n) is 16.0. The van der Waals surface area contributed by atoms with Gasteiger partial charge in [-0.2, -0.15) is 0 Å². The largest absolute Gasteiger partial charge is 0.207 e. The van der Waals surface area contributed by atoms with E-state index < -0.39 is 0 Å². The fourth-order valence-corrected chi connectivity index (χ4v) is 3.12. The molecule has 0 fully saturated rings. The minimum Gasteiger partial charge on any atom is -0.207 e. The summed E-state index contributed by atoms with van der Waals surface area (Å²) < 4.78 is 14.1. The zero-order valence-corrected chi connectivity index (χ0v) is 16.0. The minimum atomic E-state index is -0.162. The molecule has 0 saturated heterocycles. The number of benzene rings is 2. The maximum atomic E-state index is 14.1. The Bertz CT molecular complexity index is 689. The molecule has 0 heterocycles. The number of halogens is 1. The van der Waals surface area contributed by atoms with E-state index in [2.05, 4.69) is 65.8 Å². The predicted octanol–water partition coefficient (Wildman–Crippen LogP) is 6.60. The second kappa shape index (κ2) is 7.09. The Kier molecular flexibility index (Phi) is 5.52. The summed E-state index contributed by atoms with van der Waals surface area (Å²) in [4.78, 5) is 0. The molecule has 0 unspecified atom stereocenters. The van der Waals surface area contributed by atoms with Gasteiger partial charge in [0.1, 0.15) is 5.82 Å². The molecule has 130 valence electrons. The first-order valence-electron chi connectivity index (χ1n) is 9.02. The van der Waals surface area contributed by atoms with Crippen molar-refractivity contribution in [1.29, 1.82) is 0 Å². The van der Waals surface area contributed by atoms with Gasteiger partial charge in [0.05, 0.1) is 0 Å². The zero-order chi connectivity index (χ0) is 18.0. The van der Waals surface area contributed by atoms with Crippen LogP contribution in [0.15, 0.2) is 42.5 Å². The molecule has 2 rings (SSSR count). The average molecular weight is 326 g/mol. The number of rotatable bonds is 5. The molecule has 2 aromatic rings. The summed E-state index contributed by atoms with van der Waals surface area (Å²) in [5, 5.41) is 0. The van der Waals surface area contributed by atoms with Crippen LogP contribution in [0.4, 0.5) is 4.39 Å². The predicted molar refractivity (Wildman–Crippen MR) is 102 cm³/mol. The van der Waals surface area contributed by atoms with Crippen molar-refractivity contribution in [3.63, 3.8) is 0 Å². The van der Waals surface area contributed by atoms with Gasteiger partial charge in [0.25, 0.3) is 0 Å². The fraction of sp³-hybridized carbons (Fsp3) is 0.478. The van der Waals surface area contributed by atoms with Crippen molar-refractivity contribution in [1.82, 2.24) is 0 Å². The van der Waals surface area contributed by atoms with Crippen LogP contribution in [0.3, 0.4) is 0 Å². The highest BCUT2D eigenvalue weighted by molar-refractivity contribution is 5.32. The molecule has 0 aromatic heterocycles. The van der Waals surface area contributed by atoms with Gasteiger partial charge in [-0.15, -0.1) is 0 Å². The van der Waals surface area contributed by atoms with E-state index in [4.69, 9.17) is 0 Å². The van der Waals surface area contributed by atoms with Crippen LogP contribution in [0.2, 0.25) is 0 Å². The van der Waals surface area contributed by atoms with Crippen molar-refractivity contribution in [3.8, 4) is 0 Å². The Hall–Kier alpha value is -1.63. The first-order valence-corrected chi connectivity index (χ1v) is 9.02. The number of hydrogen-bond acceptors (Lipinski definition) is 0. The molecule has 0 aliphatic carbocycles. The van der Waals surface area contributed by atoms with Gasteiger partial charge < -0.3 is 0 Å². The molecule has 0 bridgehead atoms. The topological polar surface area (TPSA) is 0 Å². The molecule has 1 heteroatoms. The standard InChI is InChI=1S/C23H31F/c1-7-17-9-8-10-19(15-17)23(5,6)14-13-18-11-12-21(24)20(16-18)22(2,3)4/h8-12,15-16H,7,13-14H2,1-6H3. The quantitative estimate of drug-likeness (QED) is 0.581. The molecule has 0 amide bonds. The highest BCUT2D eigenvalue weighted by Gasteiger charge is 2.22. The first kappa shape index (κ1) is 18.7. The number of hydrogen-bond donors (Lipinski definition) is 0. The van der Waals surface area contributed by atoms with E-state index in [9.17, 15) is 4.39 Å². The molecular formula is C23H31F. The van der Waals surface area contributed by atoms with E-state index in [1.807, 2.05) is 12.1 Å². The Balaban J connectivity index is 2.17. The van der Waals surface area contributed by atoms with Crippen molar-refractivity contribution >= 4 is 0 Å². The van der Waals surface area contributed by atoms with Gasteiger partial charge in [-0.3, -0.25) is 0 Å². The SMILES string of the molecule is CCc1cccc(C(C)(C)CCc2ccc(F)c(C(C)(C)C)c2)c1. The fourth-order valence-electron chi connectivity index (χ4n) is 3.12. The second-order valence-corrected chi connectivity index (χ2v) is 8.50. The molecular weight excluding hydrogens is 295 g/mol. The van der Waals surface area contributed by atoms with E-state index in [1.54, 1.807) is 6.07 Å². The molecule has 0 atom stereocenters. The lowest BCUT2D eigenvalue weighted by Gasteiger charge is -2.26.